The third kappa shape index (κ3) is 8.90. The topological polar surface area (TPSA) is 144 Å². The first-order valence-corrected chi connectivity index (χ1v) is 22.0. The number of hydrogen-bond donors (Lipinski definition) is 2. The zero-order valence-electron chi connectivity index (χ0n) is 30.8. The molecule has 12 nitrogen and oxygen atoms in total. The lowest BCUT2D eigenvalue weighted by molar-refractivity contribution is 0.602. The van der Waals surface area contributed by atoms with Gasteiger partial charge in [-0.15, -0.1) is 5.10 Å². The highest BCUT2D eigenvalue weighted by Crippen LogP contribution is 2.30. The van der Waals surface area contributed by atoms with Gasteiger partial charge in [-0.3, -0.25) is 0 Å². The molecule has 0 radical (unpaired) electrons. The van der Waals surface area contributed by atoms with Gasteiger partial charge in [-0.1, -0.05) is 65.2 Å². The summed E-state index contributed by atoms with van der Waals surface area (Å²) < 4.78 is 60.5. The van der Waals surface area contributed by atoms with E-state index in [0.717, 1.165) is 32.7 Å². The van der Waals surface area contributed by atoms with Gasteiger partial charge < -0.3 is 10.6 Å². The second-order valence-electron chi connectivity index (χ2n) is 13.1. The SMILES string of the molecule is CS(=O)(=O)c1ccc(CNc2cc(-c3ccccc3F)nc3c(Br)cnn23)cc1.Fc1ccccc1-c1cc(NCc2ccc(-c3csnn3)cc2)n2ncc(Br)c2n1. The van der Waals surface area contributed by atoms with Crippen molar-refractivity contribution in [3.8, 4) is 33.8 Å². The van der Waals surface area contributed by atoms with Gasteiger partial charge in [-0.2, -0.15) is 19.2 Å². The molecule has 0 aliphatic rings. The van der Waals surface area contributed by atoms with Gasteiger partial charge in [0.25, 0.3) is 0 Å². The predicted octanol–water partition coefficient (Wildman–Crippen LogP) is 9.74. The Kier molecular flexibility index (Phi) is 11.6. The van der Waals surface area contributed by atoms with E-state index < -0.39 is 9.84 Å². The Balaban J connectivity index is 0.000000164. The van der Waals surface area contributed by atoms with Gasteiger partial charge in [0.15, 0.2) is 21.1 Å². The summed E-state index contributed by atoms with van der Waals surface area (Å²) in [7, 11) is -3.24. The first-order valence-electron chi connectivity index (χ1n) is 17.7. The molecule has 0 amide bonds. The smallest absolute Gasteiger partial charge is 0.175 e. The number of hydrogen-bond acceptors (Lipinski definition) is 11. The van der Waals surface area contributed by atoms with Crippen molar-refractivity contribution < 1.29 is 17.2 Å². The molecule has 2 N–H and O–H groups in total. The fourth-order valence-corrected chi connectivity index (χ4v) is 7.85. The number of sulfone groups is 1. The normalized spacial score (nSPS) is 11.4. The van der Waals surface area contributed by atoms with Crippen molar-refractivity contribution in [3.63, 3.8) is 0 Å². The van der Waals surface area contributed by atoms with Crippen molar-refractivity contribution in [3.05, 3.63) is 159 Å². The maximum atomic E-state index is 14.3. The molecule has 5 aromatic heterocycles. The lowest BCUT2D eigenvalue weighted by Crippen LogP contribution is -2.07. The van der Waals surface area contributed by atoms with Gasteiger partial charge in [0.2, 0.25) is 0 Å². The first-order chi connectivity index (χ1) is 28.5. The molecule has 0 unspecified atom stereocenters. The van der Waals surface area contributed by atoms with E-state index in [2.05, 4.69) is 72.2 Å². The van der Waals surface area contributed by atoms with Crippen LogP contribution in [0.15, 0.2) is 141 Å². The molecule has 5 heterocycles. The van der Waals surface area contributed by atoms with E-state index in [4.69, 9.17) is 0 Å². The van der Waals surface area contributed by atoms with E-state index in [1.807, 2.05) is 29.6 Å². The Bertz CT molecular complexity index is 3040. The Hall–Kier alpha value is -5.95. The molecule has 0 aliphatic heterocycles. The molecular weight excluding hydrogens is 926 g/mol. The van der Waals surface area contributed by atoms with Crippen LogP contribution in [-0.2, 0) is 22.9 Å². The lowest BCUT2D eigenvalue weighted by atomic mass is 10.1. The van der Waals surface area contributed by atoms with Gasteiger partial charge in [-0.25, -0.2) is 27.2 Å². The van der Waals surface area contributed by atoms with Crippen molar-refractivity contribution in [2.24, 2.45) is 0 Å². The predicted molar refractivity (Wildman–Crippen MR) is 232 cm³/mol. The standard InChI is InChI=1S/C21H14BrFN6S.C20H16BrFN4O2S/c22-16-11-25-29-20(9-18(26-21(16)29)15-3-1-2-4-17(15)23)24-10-13-5-7-14(8-6-13)19-12-30-28-27-19;1-29(27,28)14-8-6-13(7-9-14)11-23-19-10-18(15-4-2-3-5-17(15)22)25-20-16(21)12-24-26(19)20/h1-9,11-12,24H,10H2;2-10,12,23H,11H2,1H3. The van der Waals surface area contributed by atoms with Gasteiger partial charge in [-0.05, 0) is 90.9 Å². The van der Waals surface area contributed by atoms with E-state index in [0.29, 0.717) is 57.2 Å². The Labute approximate surface area is 357 Å². The highest BCUT2D eigenvalue weighted by atomic mass is 79.9. The number of anilines is 2. The van der Waals surface area contributed by atoms with Crippen LogP contribution in [-0.4, -0.2) is 53.5 Å². The molecular formula is C41H30Br2F2N10O2S2. The average molecular weight is 957 g/mol. The van der Waals surface area contributed by atoms with E-state index in [-0.39, 0.29) is 16.5 Å². The molecule has 0 fully saturated rings. The molecule has 296 valence electrons. The molecule has 0 bridgehead atoms. The Morgan fingerprint density at radius 1 is 0.661 bits per heavy atom. The summed E-state index contributed by atoms with van der Waals surface area (Å²) in [6.07, 6.45) is 4.47. The number of nitrogens with one attached hydrogen (secondary N) is 2. The second-order valence-corrected chi connectivity index (χ2v) is 17.4. The number of aromatic nitrogens is 8. The van der Waals surface area contributed by atoms with Gasteiger partial charge in [0.1, 0.15) is 29.0 Å². The average Bonchev–Trinajstić information content (AvgIpc) is 4.01. The summed E-state index contributed by atoms with van der Waals surface area (Å²) in [5, 5.41) is 21.4. The van der Waals surface area contributed by atoms with E-state index in [1.54, 1.807) is 94.2 Å². The molecule has 0 saturated heterocycles. The van der Waals surface area contributed by atoms with Crippen molar-refractivity contribution in [1.29, 1.82) is 0 Å². The fourth-order valence-electron chi connectivity index (χ4n) is 6.06. The lowest BCUT2D eigenvalue weighted by Gasteiger charge is -2.12. The highest BCUT2D eigenvalue weighted by Gasteiger charge is 2.16. The third-order valence-electron chi connectivity index (χ3n) is 9.07. The molecule has 18 heteroatoms. The zero-order valence-corrected chi connectivity index (χ0v) is 35.6. The van der Waals surface area contributed by atoms with Crippen molar-refractivity contribution in [2.75, 3.05) is 16.9 Å². The summed E-state index contributed by atoms with van der Waals surface area (Å²) >= 11 is 8.23. The van der Waals surface area contributed by atoms with Crippen molar-refractivity contribution in [2.45, 2.75) is 18.0 Å². The van der Waals surface area contributed by atoms with Crippen LogP contribution in [0.25, 0.3) is 45.1 Å². The maximum Gasteiger partial charge on any atom is 0.175 e. The number of rotatable bonds is 10. The number of nitrogens with zero attached hydrogens (tertiary/aromatic N) is 8. The summed E-state index contributed by atoms with van der Waals surface area (Å²) in [5.74, 6) is 0.674. The Morgan fingerprint density at radius 3 is 1.58 bits per heavy atom. The van der Waals surface area contributed by atoms with Crippen LogP contribution in [0, 0.1) is 11.6 Å². The summed E-state index contributed by atoms with van der Waals surface area (Å²) in [5.41, 5.74) is 6.89. The van der Waals surface area contributed by atoms with Crippen LogP contribution < -0.4 is 10.6 Å². The summed E-state index contributed by atoms with van der Waals surface area (Å²) in [6, 6.07) is 31.4. The molecule has 0 saturated carbocycles. The highest BCUT2D eigenvalue weighted by molar-refractivity contribution is 9.11. The Morgan fingerprint density at radius 2 is 1.14 bits per heavy atom. The number of halogens is 4. The summed E-state index contributed by atoms with van der Waals surface area (Å²) in [6.45, 7) is 1.00. The van der Waals surface area contributed by atoms with E-state index in [9.17, 15) is 17.2 Å². The molecule has 59 heavy (non-hydrogen) atoms. The van der Waals surface area contributed by atoms with Gasteiger partial charge in [0, 0.05) is 53.5 Å². The molecule has 9 aromatic rings. The summed E-state index contributed by atoms with van der Waals surface area (Å²) in [4.78, 5) is 9.38. The van der Waals surface area contributed by atoms with Crippen LogP contribution in [0.2, 0.25) is 0 Å². The van der Waals surface area contributed by atoms with Gasteiger partial charge in [0.05, 0.1) is 37.6 Å². The molecule has 0 spiro atoms. The third-order valence-corrected chi connectivity index (χ3v) is 11.8. The zero-order chi connectivity index (χ0) is 41.1. The monoisotopic (exact) mass is 954 g/mol. The van der Waals surface area contributed by atoms with E-state index in [1.165, 1.54) is 29.9 Å². The van der Waals surface area contributed by atoms with Crippen molar-refractivity contribution >= 4 is 76.2 Å². The van der Waals surface area contributed by atoms with Crippen LogP contribution in [0.1, 0.15) is 11.1 Å². The molecule has 9 rings (SSSR count). The minimum absolute atomic E-state index is 0.269. The maximum absolute atomic E-state index is 14.3. The van der Waals surface area contributed by atoms with Gasteiger partial charge >= 0.3 is 0 Å². The minimum Gasteiger partial charge on any atom is -0.366 e. The van der Waals surface area contributed by atoms with Crippen LogP contribution in [0.3, 0.4) is 0 Å². The van der Waals surface area contributed by atoms with Crippen LogP contribution >= 0.6 is 43.4 Å². The first kappa shape index (κ1) is 39.9. The quantitative estimate of drug-likeness (QED) is 0.136. The molecule has 0 atom stereocenters. The van der Waals surface area contributed by atoms with Crippen LogP contribution in [0.5, 0.6) is 0 Å². The van der Waals surface area contributed by atoms with E-state index >= 15 is 0 Å². The minimum atomic E-state index is -3.24. The fraction of sp³-hybridized carbons (Fsp3) is 0.0732. The molecule has 4 aromatic carbocycles. The second kappa shape index (κ2) is 17.1. The number of fused-ring (bicyclic) bond motifs is 2. The molecule has 0 aliphatic carbocycles. The largest absolute Gasteiger partial charge is 0.366 e. The van der Waals surface area contributed by atoms with Crippen molar-refractivity contribution in [1.82, 2.24) is 38.8 Å². The number of benzene rings is 4. The van der Waals surface area contributed by atoms with Crippen LogP contribution in [0.4, 0.5) is 20.4 Å².